The molecule has 3 heterocycles. The molecule has 0 saturated carbocycles. The number of rotatable bonds is 3. The normalized spacial score (nSPS) is 26.0. The lowest BCUT2D eigenvalue weighted by Crippen LogP contribution is -2.39. The van der Waals surface area contributed by atoms with Gasteiger partial charge in [0.1, 0.15) is 5.48 Å². The van der Waals surface area contributed by atoms with E-state index in [1.165, 1.54) is 19.3 Å². The van der Waals surface area contributed by atoms with Gasteiger partial charge >= 0.3 is 0 Å². The zero-order chi connectivity index (χ0) is 17.3. The van der Waals surface area contributed by atoms with Crippen LogP contribution in [-0.4, -0.2) is 33.7 Å². The van der Waals surface area contributed by atoms with E-state index in [1.54, 1.807) is 6.20 Å². The van der Waals surface area contributed by atoms with E-state index in [9.17, 15) is 4.79 Å². The molecule has 0 aromatic carbocycles. The van der Waals surface area contributed by atoms with Crippen LogP contribution in [0.15, 0.2) is 27.9 Å². The van der Waals surface area contributed by atoms with Gasteiger partial charge in [-0.05, 0) is 31.3 Å². The van der Waals surface area contributed by atoms with Gasteiger partial charge in [0, 0.05) is 19.3 Å². The van der Waals surface area contributed by atoms with Gasteiger partial charge < -0.3 is 9.88 Å². The second kappa shape index (κ2) is 6.26. The molecule has 6 heteroatoms. The Morgan fingerprint density at radius 2 is 2.25 bits per heavy atom. The highest BCUT2D eigenvalue weighted by atomic mass is 16.1. The monoisotopic (exact) mass is 327 g/mol. The van der Waals surface area contributed by atoms with Crippen molar-refractivity contribution in [2.24, 2.45) is 10.5 Å². The molecular formula is C18H25N5O. The quantitative estimate of drug-likeness (QED) is 0.855. The summed E-state index contributed by atoms with van der Waals surface area (Å²) in [6.07, 6.45) is 7.17. The predicted octanol–water partition coefficient (Wildman–Crippen LogP) is 0.664. The SMILES string of the molecule is C=c1nc/c(=C2/C=C(N3CCC(C)(CCC)C3)C(C)=NN2)c(=O)[nH]1. The van der Waals surface area contributed by atoms with Crippen molar-refractivity contribution in [3.63, 3.8) is 0 Å². The third kappa shape index (κ3) is 3.13. The minimum absolute atomic E-state index is 0.208. The Balaban J connectivity index is 1.98. The fourth-order valence-electron chi connectivity index (χ4n) is 3.59. The standard InChI is InChI=1S/C18H25N5O/c1-5-6-18(4)7-8-23(11-18)16-9-15(22-21-12(16)2)14-10-19-13(3)20-17(14)24/h9-10,22H,3,5-8,11H2,1-2,4H3,(H,20,24)/b15-14+. The van der Waals surface area contributed by atoms with Crippen molar-refractivity contribution in [1.82, 2.24) is 20.3 Å². The summed E-state index contributed by atoms with van der Waals surface area (Å²) in [4.78, 5) is 21.2. The summed E-state index contributed by atoms with van der Waals surface area (Å²) in [5.74, 6) is 0. The number of hydrogen-bond donors (Lipinski definition) is 2. The molecule has 2 aliphatic rings. The maximum Gasteiger partial charge on any atom is 0.260 e. The molecule has 3 rings (SSSR count). The summed E-state index contributed by atoms with van der Waals surface area (Å²) in [6.45, 7) is 12.3. The zero-order valence-electron chi connectivity index (χ0n) is 14.6. The van der Waals surface area contributed by atoms with Crippen LogP contribution in [0.5, 0.6) is 0 Å². The number of nitrogens with one attached hydrogen (secondary N) is 2. The Hall–Kier alpha value is -2.37. The molecule has 2 N–H and O–H groups in total. The van der Waals surface area contributed by atoms with Gasteiger partial charge in [0.25, 0.3) is 5.56 Å². The molecule has 2 aliphatic heterocycles. The van der Waals surface area contributed by atoms with Gasteiger partial charge in [0.15, 0.2) is 0 Å². The molecule has 0 amide bonds. The van der Waals surface area contributed by atoms with Gasteiger partial charge in [-0.2, -0.15) is 5.10 Å². The minimum atomic E-state index is -0.208. The van der Waals surface area contributed by atoms with E-state index in [4.69, 9.17) is 0 Å². The number of likely N-dealkylation sites (tertiary alicyclic amines) is 1. The van der Waals surface area contributed by atoms with E-state index in [0.29, 0.717) is 21.8 Å². The van der Waals surface area contributed by atoms with E-state index in [0.717, 1.165) is 24.5 Å². The molecule has 0 aliphatic carbocycles. The van der Waals surface area contributed by atoms with Gasteiger partial charge in [-0.15, -0.1) is 0 Å². The number of nitrogens with zero attached hydrogens (tertiary/aromatic N) is 3. The van der Waals surface area contributed by atoms with Crippen molar-refractivity contribution in [2.75, 3.05) is 13.1 Å². The van der Waals surface area contributed by atoms with Gasteiger partial charge in [-0.3, -0.25) is 10.2 Å². The van der Waals surface area contributed by atoms with Crippen LogP contribution in [0.4, 0.5) is 0 Å². The Morgan fingerprint density at radius 1 is 1.46 bits per heavy atom. The first kappa shape index (κ1) is 16.5. The summed E-state index contributed by atoms with van der Waals surface area (Å²) < 4.78 is 0. The van der Waals surface area contributed by atoms with Crippen LogP contribution in [0.2, 0.25) is 0 Å². The molecule has 1 atom stereocenters. The molecule has 6 nitrogen and oxygen atoms in total. The zero-order valence-corrected chi connectivity index (χ0v) is 14.6. The van der Waals surface area contributed by atoms with Gasteiger partial charge in [-0.1, -0.05) is 26.8 Å². The number of allylic oxidation sites excluding steroid dienone is 1. The number of H-pyrrole nitrogens is 1. The molecule has 1 aromatic rings. The van der Waals surface area contributed by atoms with E-state index in [-0.39, 0.29) is 5.56 Å². The molecule has 0 bridgehead atoms. The van der Waals surface area contributed by atoms with Crippen LogP contribution in [0, 0.1) is 5.41 Å². The van der Waals surface area contributed by atoms with Gasteiger partial charge in [0.2, 0.25) is 0 Å². The van der Waals surface area contributed by atoms with Crippen molar-refractivity contribution in [3.8, 4) is 0 Å². The van der Waals surface area contributed by atoms with E-state index >= 15 is 0 Å². The molecule has 1 saturated heterocycles. The minimum Gasteiger partial charge on any atom is -0.369 e. The number of hydrogen-bond acceptors (Lipinski definition) is 5. The average molecular weight is 327 g/mol. The van der Waals surface area contributed by atoms with Crippen LogP contribution in [0.25, 0.3) is 12.3 Å². The third-order valence-corrected chi connectivity index (χ3v) is 4.89. The lowest BCUT2D eigenvalue weighted by atomic mass is 9.85. The highest BCUT2D eigenvalue weighted by molar-refractivity contribution is 6.00. The van der Waals surface area contributed by atoms with Crippen LogP contribution >= 0.6 is 0 Å². The number of aromatic amines is 1. The summed E-state index contributed by atoms with van der Waals surface area (Å²) in [5.41, 5.74) is 6.18. The molecule has 1 unspecified atom stereocenters. The molecule has 0 radical (unpaired) electrons. The van der Waals surface area contributed by atoms with E-state index in [1.807, 2.05) is 13.0 Å². The second-order valence-corrected chi connectivity index (χ2v) is 7.06. The number of hydrazone groups is 1. The summed E-state index contributed by atoms with van der Waals surface area (Å²) >= 11 is 0. The van der Waals surface area contributed by atoms with Crippen molar-refractivity contribution in [2.45, 2.75) is 40.0 Å². The highest BCUT2D eigenvalue weighted by Crippen LogP contribution is 2.36. The number of aromatic nitrogens is 2. The lowest BCUT2D eigenvalue weighted by Gasteiger charge is -2.28. The Bertz CT molecular complexity index is 866. The van der Waals surface area contributed by atoms with Crippen molar-refractivity contribution < 1.29 is 0 Å². The maximum atomic E-state index is 12.1. The summed E-state index contributed by atoms with van der Waals surface area (Å²) in [7, 11) is 0. The van der Waals surface area contributed by atoms with E-state index < -0.39 is 0 Å². The van der Waals surface area contributed by atoms with E-state index in [2.05, 4.69) is 45.8 Å². The molecule has 1 aromatic heterocycles. The fourth-order valence-corrected chi connectivity index (χ4v) is 3.59. The third-order valence-electron chi connectivity index (χ3n) is 4.89. The largest absolute Gasteiger partial charge is 0.369 e. The van der Waals surface area contributed by atoms with Crippen LogP contribution in [-0.2, 0) is 0 Å². The maximum absolute atomic E-state index is 12.1. The molecule has 0 spiro atoms. The summed E-state index contributed by atoms with van der Waals surface area (Å²) in [5, 5.41) is 4.87. The Labute approximate surface area is 141 Å². The van der Waals surface area contributed by atoms with Crippen molar-refractivity contribution in [1.29, 1.82) is 0 Å². The molecule has 24 heavy (non-hydrogen) atoms. The smallest absolute Gasteiger partial charge is 0.260 e. The second-order valence-electron chi connectivity index (χ2n) is 7.06. The van der Waals surface area contributed by atoms with Gasteiger partial charge in [-0.25, -0.2) is 4.98 Å². The average Bonchev–Trinajstić information content (AvgIpc) is 2.90. The summed E-state index contributed by atoms with van der Waals surface area (Å²) in [6, 6.07) is 0. The van der Waals surface area contributed by atoms with Crippen LogP contribution in [0.1, 0.15) is 40.0 Å². The molecule has 1 fully saturated rings. The first-order valence-electron chi connectivity index (χ1n) is 8.48. The molecule has 128 valence electrons. The lowest BCUT2D eigenvalue weighted by molar-refractivity contribution is 0.295. The van der Waals surface area contributed by atoms with Gasteiger partial charge in [0.05, 0.1) is 22.3 Å². The Kier molecular flexibility index (Phi) is 4.30. The highest BCUT2D eigenvalue weighted by Gasteiger charge is 2.34. The Morgan fingerprint density at radius 3 is 2.96 bits per heavy atom. The van der Waals surface area contributed by atoms with Crippen molar-refractivity contribution >= 4 is 18.0 Å². The first-order valence-corrected chi connectivity index (χ1v) is 8.48. The fraction of sp³-hybridized carbons (Fsp3) is 0.500. The first-order chi connectivity index (χ1) is 11.4. The van der Waals surface area contributed by atoms with Crippen LogP contribution < -0.4 is 21.7 Å². The van der Waals surface area contributed by atoms with Crippen molar-refractivity contribution in [3.05, 3.63) is 39.0 Å². The van der Waals surface area contributed by atoms with Crippen LogP contribution in [0.3, 0.4) is 0 Å². The topological polar surface area (TPSA) is 73.4 Å². The predicted molar refractivity (Wildman–Crippen MR) is 96.6 cm³/mol. The molecular weight excluding hydrogens is 302 g/mol.